The summed E-state index contributed by atoms with van der Waals surface area (Å²) in [5.41, 5.74) is 0.880. The number of rotatable bonds is 8. The molecule has 0 unspecified atom stereocenters. The second kappa shape index (κ2) is 10.5. The van der Waals surface area contributed by atoms with Gasteiger partial charge in [-0.05, 0) is 17.7 Å². The molecule has 8 heteroatoms. The van der Waals surface area contributed by atoms with E-state index in [1.165, 1.54) is 12.3 Å². The number of oxazole rings is 1. The van der Waals surface area contributed by atoms with Crippen LogP contribution < -0.4 is 5.32 Å². The van der Waals surface area contributed by atoms with E-state index < -0.39 is 11.6 Å². The molecule has 4 rings (SSSR count). The molecule has 0 radical (unpaired) electrons. The second-order valence-electron chi connectivity index (χ2n) is 7.59. The minimum atomic E-state index is -0.722. The van der Waals surface area contributed by atoms with Crippen LogP contribution in [0.5, 0.6) is 0 Å². The number of carbonyl (C=O) groups is 1. The van der Waals surface area contributed by atoms with Crippen LogP contribution in [0.25, 0.3) is 11.3 Å². The molecule has 0 saturated carbocycles. The van der Waals surface area contributed by atoms with Crippen molar-refractivity contribution in [1.82, 2.24) is 15.2 Å². The Labute approximate surface area is 185 Å². The van der Waals surface area contributed by atoms with Gasteiger partial charge in [-0.15, -0.1) is 0 Å². The molecule has 2 heterocycles. The summed E-state index contributed by atoms with van der Waals surface area (Å²) < 4.78 is 38.8. The van der Waals surface area contributed by atoms with Crippen LogP contribution in [0.3, 0.4) is 0 Å². The number of aryl methyl sites for hydroxylation is 1. The van der Waals surface area contributed by atoms with E-state index in [-0.39, 0.29) is 42.0 Å². The largest absolute Gasteiger partial charge is 0.441 e. The molecule has 1 fully saturated rings. The summed E-state index contributed by atoms with van der Waals surface area (Å²) in [5.74, 6) is -1.32. The predicted molar refractivity (Wildman–Crippen MR) is 115 cm³/mol. The second-order valence-corrected chi connectivity index (χ2v) is 7.59. The Hall–Kier alpha value is -3.10. The molecule has 168 valence electrons. The highest BCUT2D eigenvalue weighted by atomic mass is 19.1. The van der Waals surface area contributed by atoms with Crippen LogP contribution in [0.1, 0.15) is 23.9 Å². The van der Waals surface area contributed by atoms with Gasteiger partial charge in [-0.3, -0.25) is 9.69 Å². The standard InChI is InChI=1S/C24H25F2N3O3/c25-18-7-4-8-19(26)24(18)21-16-28-23(32-21)10-9-22(30)27-15-20(17-5-2-1-3-6-17)29-11-13-31-14-12-29/h1-8,16,20H,9-15H2,(H,27,30)/t20-/m0/s1. The molecule has 6 nitrogen and oxygen atoms in total. The van der Waals surface area contributed by atoms with E-state index in [0.717, 1.165) is 30.8 Å². The van der Waals surface area contributed by atoms with Crippen LogP contribution in [-0.4, -0.2) is 48.6 Å². The number of halogens is 2. The van der Waals surface area contributed by atoms with E-state index in [2.05, 4.69) is 27.3 Å². The number of ether oxygens (including phenoxy) is 1. The predicted octanol–water partition coefficient (Wildman–Crippen LogP) is 3.74. The van der Waals surface area contributed by atoms with Gasteiger partial charge in [-0.2, -0.15) is 0 Å². The van der Waals surface area contributed by atoms with Crippen LogP contribution in [0.4, 0.5) is 8.78 Å². The van der Waals surface area contributed by atoms with E-state index in [4.69, 9.17) is 9.15 Å². The van der Waals surface area contributed by atoms with Crippen molar-refractivity contribution in [1.29, 1.82) is 0 Å². The quantitative estimate of drug-likeness (QED) is 0.577. The Kier molecular flexibility index (Phi) is 7.24. The highest BCUT2D eigenvalue weighted by Crippen LogP contribution is 2.27. The molecule has 0 aliphatic carbocycles. The van der Waals surface area contributed by atoms with Crippen LogP contribution in [0.2, 0.25) is 0 Å². The van der Waals surface area contributed by atoms with Crippen molar-refractivity contribution in [2.75, 3.05) is 32.8 Å². The molecular weight excluding hydrogens is 416 g/mol. The highest BCUT2D eigenvalue weighted by molar-refractivity contribution is 5.76. The van der Waals surface area contributed by atoms with Crippen molar-refractivity contribution in [2.45, 2.75) is 18.9 Å². The van der Waals surface area contributed by atoms with Gasteiger partial charge in [-0.1, -0.05) is 36.4 Å². The Bertz CT molecular complexity index is 1020. The molecule has 32 heavy (non-hydrogen) atoms. The first-order valence-electron chi connectivity index (χ1n) is 10.6. The molecule has 1 aliphatic rings. The fourth-order valence-electron chi connectivity index (χ4n) is 3.82. The fourth-order valence-corrected chi connectivity index (χ4v) is 3.82. The Morgan fingerprint density at radius 2 is 1.78 bits per heavy atom. The minimum Gasteiger partial charge on any atom is -0.441 e. The third-order valence-corrected chi connectivity index (χ3v) is 5.49. The van der Waals surface area contributed by atoms with Crippen LogP contribution in [-0.2, 0) is 16.0 Å². The van der Waals surface area contributed by atoms with Crippen molar-refractivity contribution in [3.63, 3.8) is 0 Å². The number of carbonyl (C=O) groups excluding carboxylic acids is 1. The number of nitrogens with zero attached hydrogens (tertiary/aromatic N) is 2. The first kappa shape index (κ1) is 22.1. The maximum atomic E-state index is 13.9. The van der Waals surface area contributed by atoms with Gasteiger partial charge in [0.05, 0.1) is 31.0 Å². The minimum absolute atomic E-state index is 0.00691. The van der Waals surface area contributed by atoms with Crippen molar-refractivity contribution >= 4 is 5.91 Å². The average molecular weight is 441 g/mol. The SMILES string of the molecule is O=C(CCc1ncc(-c2c(F)cccc2F)o1)NC[C@@H](c1ccccc1)N1CCOCC1. The topological polar surface area (TPSA) is 67.6 Å². The number of aromatic nitrogens is 1. The molecule has 2 aromatic carbocycles. The van der Waals surface area contributed by atoms with Gasteiger partial charge >= 0.3 is 0 Å². The molecule has 1 aromatic heterocycles. The first-order valence-corrected chi connectivity index (χ1v) is 10.6. The van der Waals surface area contributed by atoms with Crippen molar-refractivity contribution < 1.29 is 22.7 Å². The lowest BCUT2D eigenvalue weighted by Crippen LogP contribution is -2.43. The molecular formula is C24H25F2N3O3. The number of hydrogen-bond donors (Lipinski definition) is 1. The van der Waals surface area contributed by atoms with E-state index in [0.29, 0.717) is 19.8 Å². The van der Waals surface area contributed by atoms with E-state index in [1.807, 2.05) is 18.2 Å². The molecule has 1 aliphatic heterocycles. The number of nitrogens with one attached hydrogen (secondary N) is 1. The average Bonchev–Trinajstić information content (AvgIpc) is 3.28. The van der Waals surface area contributed by atoms with Gasteiger partial charge in [0.25, 0.3) is 0 Å². The normalized spacial score (nSPS) is 15.4. The van der Waals surface area contributed by atoms with Gasteiger partial charge < -0.3 is 14.5 Å². The summed E-state index contributed by atoms with van der Waals surface area (Å²) in [6.45, 7) is 3.43. The third-order valence-electron chi connectivity index (χ3n) is 5.49. The lowest BCUT2D eigenvalue weighted by Gasteiger charge is -2.35. The summed E-state index contributed by atoms with van der Waals surface area (Å²) in [6, 6.07) is 13.7. The summed E-state index contributed by atoms with van der Waals surface area (Å²) in [7, 11) is 0. The zero-order chi connectivity index (χ0) is 22.3. The number of morpholine rings is 1. The molecule has 1 amide bonds. The Balaban J connectivity index is 1.34. The molecule has 3 aromatic rings. The van der Waals surface area contributed by atoms with Crippen molar-refractivity contribution in [3.8, 4) is 11.3 Å². The lowest BCUT2D eigenvalue weighted by molar-refractivity contribution is -0.121. The molecule has 1 N–H and O–H groups in total. The monoisotopic (exact) mass is 441 g/mol. The van der Waals surface area contributed by atoms with Gasteiger partial charge in [0, 0.05) is 32.5 Å². The number of amides is 1. The summed E-state index contributed by atoms with van der Waals surface area (Å²) in [5, 5.41) is 2.99. The van der Waals surface area contributed by atoms with E-state index in [1.54, 1.807) is 0 Å². The summed E-state index contributed by atoms with van der Waals surface area (Å²) in [4.78, 5) is 18.8. The molecule has 0 bridgehead atoms. The zero-order valence-corrected chi connectivity index (χ0v) is 17.6. The summed E-state index contributed by atoms with van der Waals surface area (Å²) in [6.07, 6.45) is 1.67. The molecule has 1 atom stereocenters. The van der Waals surface area contributed by atoms with Crippen molar-refractivity contribution in [3.05, 3.63) is 77.8 Å². The maximum Gasteiger partial charge on any atom is 0.220 e. The smallest absolute Gasteiger partial charge is 0.220 e. The fraction of sp³-hybridized carbons (Fsp3) is 0.333. The van der Waals surface area contributed by atoms with Gasteiger partial charge in [0.1, 0.15) is 11.6 Å². The van der Waals surface area contributed by atoms with Crippen molar-refractivity contribution in [2.24, 2.45) is 0 Å². The van der Waals surface area contributed by atoms with Crippen LogP contribution >= 0.6 is 0 Å². The van der Waals surface area contributed by atoms with Gasteiger partial charge in [-0.25, -0.2) is 13.8 Å². The number of benzene rings is 2. The zero-order valence-electron chi connectivity index (χ0n) is 17.6. The highest BCUT2D eigenvalue weighted by Gasteiger charge is 2.23. The Morgan fingerprint density at radius 1 is 1.06 bits per heavy atom. The lowest BCUT2D eigenvalue weighted by atomic mass is 10.0. The van der Waals surface area contributed by atoms with E-state index >= 15 is 0 Å². The van der Waals surface area contributed by atoms with Gasteiger partial charge in [0.15, 0.2) is 11.7 Å². The summed E-state index contributed by atoms with van der Waals surface area (Å²) >= 11 is 0. The number of hydrogen-bond acceptors (Lipinski definition) is 5. The van der Waals surface area contributed by atoms with Crippen LogP contribution in [0.15, 0.2) is 59.1 Å². The maximum absolute atomic E-state index is 13.9. The van der Waals surface area contributed by atoms with E-state index in [9.17, 15) is 13.6 Å². The first-order chi connectivity index (χ1) is 15.6. The Morgan fingerprint density at radius 3 is 2.50 bits per heavy atom. The molecule has 0 spiro atoms. The third kappa shape index (κ3) is 5.38. The molecule has 1 saturated heterocycles. The van der Waals surface area contributed by atoms with Crippen LogP contribution in [0, 0.1) is 11.6 Å². The van der Waals surface area contributed by atoms with Gasteiger partial charge in [0.2, 0.25) is 5.91 Å².